The van der Waals surface area contributed by atoms with E-state index >= 15 is 0 Å². The standard InChI is InChI=1S/C19H16N2O5/c22-16(13-2-4-17-14(10-13)6-9-24-17)12-25-19(23)18-5-3-15(26-18)11-21-8-1-7-20-21/h1-5,7-8,10H,6,9,11-12H2. The highest BCUT2D eigenvalue weighted by atomic mass is 16.5. The summed E-state index contributed by atoms with van der Waals surface area (Å²) in [6.45, 7) is 0.700. The van der Waals surface area contributed by atoms with E-state index in [1.54, 1.807) is 47.4 Å². The van der Waals surface area contributed by atoms with Crippen molar-refractivity contribution in [3.8, 4) is 5.75 Å². The third-order valence-electron chi connectivity index (χ3n) is 4.09. The first-order valence-corrected chi connectivity index (χ1v) is 8.21. The predicted molar refractivity (Wildman–Crippen MR) is 90.3 cm³/mol. The Balaban J connectivity index is 1.35. The van der Waals surface area contributed by atoms with Crippen molar-refractivity contribution in [1.29, 1.82) is 0 Å². The van der Waals surface area contributed by atoms with E-state index in [4.69, 9.17) is 13.9 Å². The molecule has 2 aromatic heterocycles. The maximum Gasteiger partial charge on any atom is 0.374 e. The lowest BCUT2D eigenvalue weighted by molar-refractivity contribution is 0.0442. The summed E-state index contributed by atoms with van der Waals surface area (Å²) in [5.74, 6) is 0.498. The molecule has 0 saturated carbocycles. The van der Waals surface area contributed by atoms with Crippen LogP contribution in [-0.4, -0.2) is 34.7 Å². The van der Waals surface area contributed by atoms with Crippen molar-refractivity contribution in [2.24, 2.45) is 0 Å². The monoisotopic (exact) mass is 352 g/mol. The third kappa shape index (κ3) is 3.37. The van der Waals surface area contributed by atoms with Crippen molar-refractivity contribution in [2.45, 2.75) is 13.0 Å². The summed E-state index contributed by atoms with van der Waals surface area (Å²) in [5, 5.41) is 4.07. The Hall–Kier alpha value is -3.35. The second-order valence-electron chi connectivity index (χ2n) is 5.89. The number of fused-ring (bicyclic) bond motifs is 1. The van der Waals surface area contributed by atoms with Gasteiger partial charge in [-0.15, -0.1) is 0 Å². The molecule has 3 heterocycles. The minimum Gasteiger partial charge on any atom is -0.493 e. The highest BCUT2D eigenvalue weighted by Gasteiger charge is 2.18. The molecule has 26 heavy (non-hydrogen) atoms. The number of rotatable bonds is 6. The number of hydrogen-bond acceptors (Lipinski definition) is 6. The van der Waals surface area contributed by atoms with Gasteiger partial charge in [0.05, 0.1) is 13.2 Å². The maximum atomic E-state index is 12.2. The number of esters is 1. The average molecular weight is 352 g/mol. The van der Waals surface area contributed by atoms with Gasteiger partial charge in [0.1, 0.15) is 11.5 Å². The number of ether oxygens (including phenoxy) is 2. The molecular weight excluding hydrogens is 336 g/mol. The summed E-state index contributed by atoms with van der Waals surface area (Å²) < 4.78 is 17.6. The molecule has 0 N–H and O–H groups in total. The van der Waals surface area contributed by atoms with E-state index in [1.165, 1.54) is 6.07 Å². The molecule has 0 saturated heterocycles. The number of aromatic nitrogens is 2. The average Bonchev–Trinajstić information content (AvgIpc) is 3.40. The van der Waals surface area contributed by atoms with Crippen molar-refractivity contribution in [3.05, 3.63) is 71.4 Å². The number of hydrogen-bond donors (Lipinski definition) is 0. The van der Waals surface area contributed by atoms with E-state index in [-0.39, 0.29) is 18.2 Å². The SMILES string of the molecule is O=C(COC(=O)c1ccc(Cn2cccn2)o1)c1ccc2c(c1)CCO2. The fourth-order valence-electron chi connectivity index (χ4n) is 2.77. The Labute approximate surface area is 149 Å². The first kappa shape index (κ1) is 16.1. The molecule has 1 aliphatic rings. The van der Waals surface area contributed by atoms with Crippen LogP contribution in [-0.2, 0) is 17.7 Å². The van der Waals surface area contributed by atoms with Gasteiger partial charge in [-0.25, -0.2) is 4.79 Å². The van der Waals surface area contributed by atoms with Gasteiger partial charge in [0.2, 0.25) is 5.76 Å². The molecule has 7 heteroatoms. The number of benzene rings is 1. The number of carbonyl (C=O) groups excluding carboxylic acids is 2. The number of furan rings is 1. The Morgan fingerprint density at radius 2 is 2.15 bits per heavy atom. The summed E-state index contributed by atoms with van der Waals surface area (Å²) in [7, 11) is 0. The highest BCUT2D eigenvalue weighted by molar-refractivity contribution is 5.99. The molecule has 3 aromatic rings. The fourth-order valence-corrected chi connectivity index (χ4v) is 2.77. The molecule has 0 unspecified atom stereocenters. The molecule has 0 fully saturated rings. The molecule has 1 aliphatic heterocycles. The maximum absolute atomic E-state index is 12.2. The largest absolute Gasteiger partial charge is 0.493 e. The van der Waals surface area contributed by atoms with Crippen LogP contribution in [0.15, 0.2) is 53.2 Å². The van der Waals surface area contributed by atoms with Crippen LogP contribution in [0.25, 0.3) is 0 Å². The summed E-state index contributed by atoms with van der Waals surface area (Å²) >= 11 is 0. The van der Waals surface area contributed by atoms with E-state index in [1.807, 2.05) is 0 Å². The van der Waals surface area contributed by atoms with Crippen LogP contribution >= 0.6 is 0 Å². The minimum absolute atomic E-state index is 0.0577. The van der Waals surface area contributed by atoms with E-state index in [0.717, 1.165) is 17.7 Å². The van der Waals surface area contributed by atoms with Crippen LogP contribution in [0.1, 0.15) is 32.2 Å². The normalized spacial score (nSPS) is 12.5. The second kappa shape index (κ2) is 6.87. The van der Waals surface area contributed by atoms with Crippen LogP contribution < -0.4 is 4.74 Å². The highest BCUT2D eigenvalue weighted by Crippen LogP contribution is 2.26. The lowest BCUT2D eigenvalue weighted by Crippen LogP contribution is -2.14. The van der Waals surface area contributed by atoms with Crippen molar-refractivity contribution >= 4 is 11.8 Å². The third-order valence-corrected chi connectivity index (χ3v) is 4.09. The van der Waals surface area contributed by atoms with Crippen molar-refractivity contribution < 1.29 is 23.5 Å². The van der Waals surface area contributed by atoms with Gasteiger partial charge >= 0.3 is 5.97 Å². The lowest BCUT2D eigenvalue weighted by atomic mass is 10.1. The summed E-state index contributed by atoms with van der Waals surface area (Å²) in [6.07, 6.45) is 4.23. The Bertz CT molecular complexity index is 943. The smallest absolute Gasteiger partial charge is 0.374 e. The molecule has 0 atom stereocenters. The molecule has 132 valence electrons. The van der Waals surface area contributed by atoms with Crippen LogP contribution in [0.2, 0.25) is 0 Å². The van der Waals surface area contributed by atoms with E-state index in [2.05, 4.69) is 5.10 Å². The number of nitrogens with zero attached hydrogens (tertiary/aromatic N) is 2. The quantitative estimate of drug-likeness (QED) is 0.501. The molecule has 4 rings (SSSR count). The number of Topliss-reactive ketones (excluding diaryl/α,β-unsaturated/α-hetero) is 1. The first-order chi connectivity index (χ1) is 12.7. The molecule has 0 amide bonds. The zero-order valence-electron chi connectivity index (χ0n) is 13.9. The zero-order valence-corrected chi connectivity index (χ0v) is 13.9. The Morgan fingerprint density at radius 1 is 1.23 bits per heavy atom. The van der Waals surface area contributed by atoms with Gasteiger partial charge in [0.25, 0.3) is 0 Å². The van der Waals surface area contributed by atoms with Gasteiger partial charge in [-0.05, 0) is 42.0 Å². The van der Waals surface area contributed by atoms with Gasteiger partial charge in [-0.3, -0.25) is 9.48 Å². The van der Waals surface area contributed by atoms with Gasteiger partial charge in [0.15, 0.2) is 12.4 Å². The molecule has 0 aliphatic carbocycles. The summed E-state index contributed by atoms with van der Waals surface area (Å²) in [6, 6.07) is 10.2. The molecule has 0 spiro atoms. The van der Waals surface area contributed by atoms with Crippen LogP contribution in [0, 0.1) is 0 Å². The Kier molecular flexibility index (Phi) is 4.27. The van der Waals surface area contributed by atoms with Gasteiger partial charge in [-0.1, -0.05) is 0 Å². The molecular formula is C19H16N2O5. The number of carbonyl (C=O) groups is 2. The molecule has 1 aromatic carbocycles. The summed E-state index contributed by atoms with van der Waals surface area (Å²) in [4.78, 5) is 24.3. The van der Waals surface area contributed by atoms with Crippen LogP contribution in [0.4, 0.5) is 0 Å². The van der Waals surface area contributed by atoms with E-state index in [0.29, 0.717) is 24.5 Å². The molecule has 0 bridgehead atoms. The van der Waals surface area contributed by atoms with Crippen molar-refractivity contribution in [1.82, 2.24) is 9.78 Å². The van der Waals surface area contributed by atoms with Crippen LogP contribution in [0.5, 0.6) is 5.75 Å². The van der Waals surface area contributed by atoms with Crippen molar-refractivity contribution in [2.75, 3.05) is 13.2 Å². The molecule has 0 radical (unpaired) electrons. The van der Waals surface area contributed by atoms with E-state index in [9.17, 15) is 9.59 Å². The lowest BCUT2D eigenvalue weighted by Gasteiger charge is -2.05. The molecule has 7 nitrogen and oxygen atoms in total. The zero-order chi connectivity index (χ0) is 17.9. The second-order valence-corrected chi connectivity index (χ2v) is 5.89. The predicted octanol–water partition coefficient (Wildman–Crippen LogP) is 2.50. The topological polar surface area (TPSA) is 83.6 Å². The number of ketones is 1. The van der Waals surface area contributed by atoms with Gasteiger partial charge in [-0.2, -0.15) is 5.10 Å². The van der Waals surface area contributed by atoms with E-state index < -0.39 is 5.97 Å². The Morgan fingerprint density at radius 3 is 3.00 bits per heavy atom. The minimum atomic E-state index is -0.672. The first-order valence-electron chi connectivity index (χ1n) is 8.21. The van der Waals surface area contributed by atoms with Crippen LogP contribution in [0.3, 0.4) is 0 Å². The van der Waals surface area contributed by atoms with Gasteiger partial charge < -0.3 is 13.9 Å². The fraction of sp³-hybridized carbons (Fsp3) is 0.211. The summed E-state index contributed by atoms with van der Waals surface area (Å²) in [5.41, 5.74) is 1.50. The van der Waals surface area contributed by atoms with Crippen molar-refractivity contribution in [3.63, 3.8) is 0 Å². The van der Waals surface area contributed by atoms with Gasteiger partial charge in [0, 0.05) is 24.4 Å².